The van der Waals surface area contributed by atoms with E-state index in [1.165, 1.54) is 5.57 Å². The molecule has 4 aliphatic rings. The van der Waals surface area contributed by atoms with Gasteiger partial charge in [0.2, 0.25) is 11.8 Å². The van der Waals surface area contributed by atoms with Crippen molar-refractivity contribution in [2.45, 2.75) is 97.4 Å². The van der Waals surface area contributed by atoms with Gasteiger partial charge in [-0.1, -0.05) is 50.1 Å². The first-order valence-corrected chi connectivity index (χ1v) is 18.5. The number of hydrogen-bond donors (Lipinski definition) is 2. The summed E-state index contributed by atoms with van der Waals surface area (Å²) in [5, 5.41) is 7.66. The molecule has 3 saturated carbocycles. The van der Waals surface area contributed by atoms with E-state index in [4.69, 9.17) is 0 Å². The summed E-state index contributed by atoms with van der Waals surface area (Å²) in [6.07, 6.45) is 13.2. The molecule has 7 nitrogen and oxygen atoms in total. The number of aryl methyl sites for hydroxylation is 1. The molecular weight excluding hydrogens is 598 g/mol. The van der Waals surface area contributed by atoms with Crippen molar-refractivity contribution >= 4 is 39.4 Å². The van der Waals surface area contributed by atoms with E-state index in [0.29, 0.717) is 49.5 Å². The Bertz CT molecular complexity index is 1770. The Morgan fingerprint density at radius 1 is 0.792 bits per heavy atom. The number of ketones is 1. The van der Waals surface area contributed by atoms with Gasteiger partial charge in [-0.15, -0.1) is 0 Å². The SMILES string of the molecule is CC12CCC(=O)C=C1CCC1C2CCC2(C)C(C(=O)NCCNC(=O)CCCCCn3c4ccccc4c(=O)c4ccccc43)CCC12. The zero-order valence-electron chi connectivity index (χ0n) is 28.7. The fourth-order valence-electron chi connectivity index (χ4n) is 10.6. The normalized spacial score (nSPS) is 29.5. The summed E-state index contributed by atoms with van der Waals surface area (Å²) in [7, 11) is 0. The lowest BCUT2D eigenvalue weighted by Gasteiger charge is -2.58. The van der Waals surface area contributed by atoms with Gasteiger partial charge in [0.1, 0.15) is 0 Å². The molecule has 0 aliphatic heterocycles. The summed E-state index contributed by atoms with van der Waals surface area (Å²) in [4.78, 5) is 51.2. The van der Waals surface area contributed by atoms with Crippen LogP contribution < -0.4 is 16.1 Å². The van der Waals surface area contributed by atoms with Crippen molar-refractivity contribution in [1.82, 2.24) is 15.2 Å². The Hall–Kier alpha value is -3.74. The molecule has 1 heterocycles. The molecule has 7 heteroatoms. The van der Waals surface area contributed by atoms with Gasteiger partial charge in [0.15, 0.2) is 11.2 Å². The molecule has 0 saturated heterocycles. The molecule has 2 N–H and O–H groups in total. The molecule has 2 amide bonds. The van der Waals surface area contributed by atoms with Crippen LogP contribution >= 0.6 is 0 Å². The number of rotatable bonds is 10. The van der Waals surface area contributed by atoms with Crippen molar-refractivity contribution in [2.75, 3.05) is 13.1 Å². The van der Waals surface area contributed by atoms with Gasteiger partial charge in [0.25, 0.3) is 0 Å². The number of amides is 2. The van der Waals surface area contributed by atoms with Crippen molar-refractivity contribution in [1.29, 1.82) is 0 Å². The van der Waals surface area contributed by atoms with Crippen molar-refractivity contribution < 1.29 is 14.4 Å². The largest absolute Gasteiger partial charge is 0.354 e. The lowest BCUT2D eigenvalue weighted by atomic mass is 9.47. The van der Waals surface area contributed by atoms with Gasteiger partial charge in [-0.05, 0) is 117 Å². The highest BCUT2D eigenvalue weighted by molar-refractivity contribution is 5.93. The molecule has 0 spiro atoms. The quantitative estimate of drug-likeness (QED) is 0.181. The minimum atomic E-state index is 0.0262. The summed E-state index contributed by atoms with van der Waals surface area (Å²) in [5.41, 5.74) is 3.56. The van der Waals surface area contributed by atoms with Crippen LogP contribution in [0.15, 0.2) is 65.0 Å². The van der Waals surface area contributed by atoms with Crippen LogP contribution in [0, 0.1) is 34.5 Å². The molecule has 254 valence electrons. The fourth-order valence-corrected chi connectivity index (χ4v) is 10.6. The first kappa shape index (κ1) is 32.8. The van der Waals surface area contributed by atoms with E-state index in [9.17, 15) is 19.2 Å². The molecular formula is C41H51N3O4. The molecule has 3 fully saturated rings. The maximum atomic E-state index is 13.5. The standard InChI is InChI=1S/C41H51N3O4/c1-40-21-19-28(45)26-27(40)15-16-29-32-17-18-34(41(32,2)22-20-33(29)40)39(48)43-24-23-42-37(46)14-4-3-9-25-44-35-12-7-5-10-30(35)38(47)31-11-6-8-13-36(31)44/h5-8,10-13,26,29,32-34H,3-4,9,14-25H2,1-2H3,(H,42,46)(H,43,48). The van der Waals surface area contributed by atoms with E-state index < -0.39 is 0 Å². The van der Waals surface area contributed by atoms with Crippen LogP contribution in [0.2, 0.25) is 0 Å². The summed E-state index contributed by atoms with van der Waals surface area (Å²) < 4.78 is 2.23. The van der Waals surface area contributed by atoms with Crippen LogP contribution in [-0.4, -0.2) is 35.3 Å². The molecule has 6 atom stereocenters. The van der Waals surface area contributed by atoms with Gasteiger partial charge < -0.3 is 15.2 Å². The monoisotopic (exact) mass is 649 g/mol. The van der Waals surface area contributed by atoms with E-state index in [1.54, 1.807) is 0 Å². The Labute approximate surface area is 283 Å². The molecule has 3 aromatic rings. The van der Waals surface area contributed by atoms with Crippen LogP contribution in [0.3, 0.4) is 0 Å². The Morgan fingerprint density at radius 3 is 2.25 bits per heavy atom. The third-order valence-corrected chi connectivity index (χ3v) is 13.2. The molecule has 2 aromatic carbocycles. The van der Waals surface area contributed by atoms with Crippen LogP contribution in [0.5, 0.6) is 0 Å². The number of nitrogens with one attached hydrogen (secondary N) is 2. The molecule has 6 unspecified atom stereocenters. The molecule has 0 bridgehead atoms. The fraction of sp³-hybridized carbons (Fsp3) is 0.561. The van der Waals surface area contributed by atoms with E-state index in [2.05, 4.69) is 29.0 Å². The first-order valence-electron chi connectivity index (χ1n) is 18.5. The Balaban J connectivity index is 0.846. The maximum absolute atomic E-state index is 13.5. The summed E-state index contributed by atoms with van der Waals surface area (Å²) in [6.45, 7) is 6.48. The highest BCUT2D eigenvalue weighted by Gasteiger charge is 2.60. The average molecular weight is 650 g/mol. The number of unbranched alkanes of at least 4 members (excludes halogenated alkanes) is 2. The number of nitrogens with zero attached hydrogens (tertiary/aromatic N) is 1. The van der Waals surface area contributed by atoms with Gasteiger partial charge in [0.05, 0.1) is 11.0 Å². The third-order valence-electron chi connectivity index (χ3n) is 13.2. The second kappa shape index (κ2) is 13.3. The number of carbonyl (C=O) groups excluding carboxylic acids is 3. The number of pyridine rings is 1. The molecule has 4 aliphatic carbocycles. The summed E-state index contributed by atoms with van der Waals surface area (Å²) in [5.74, 6) is 2.37. The minimum absolute atomic E-state index is 0.0262. The zero-order valence-corrected chi connectivity index (χ0v) is 28.7. The lowest BCUT2D eigenvalue weighted by molar-refractivity contribution is -0.132. The van der Waals surface area contributed by atoms with E-state index in [-0.39, 0.29) is 34.0 Å². The van der Waals surface area contributed by atoms with Gasteiger partial charge in [-0.25, -0.2) is 0 Å². The highest BCUT2D eigenvalue weighted by atomic mass is 16.2. The van der Waals surface area contributed by atoms with Gasteiger partial charge in [-0.2, -0.15) is 0 Å². The number of allylic oxidation sites excluding steroid dienone is 1. The molecule has 1 aromatic heterocycles. The van der Waals surface area contributed by atoms with Crippen molar-refractivity contribution in [3.63, 3.8) is 0 Å². The number of aromatic nitrogens is 1. The second-order valence-corrected chi connectivity index (χ2v) is 15.6. The summed E-state index contributed by atoms with van der Waals surface area (Å²) >= 11 is 0. The Kier molecular flexibility index (Phi) is 9.08. The summed E-state index contributed by atoms with van der Waals surface area (Å²) in [6, 6.07) is 15.6. The number of fused-ring (bicyclic) bond motifs is 7. The van der Waals surface area contributed by atoms with Crippen LogP contribution in [-0.2, 0) is 20.9 Å². The van der Waals surface area contributed by atoms with Crippen LogP contribution in [0.25, 0.3) is 21.8 Å². The van der Waals surface area contributed by atoms with E-state index >= 15 is 0 Å². The van der Waals surface area contributed by atoms with Crippen LogP contribution in [0.4, 0.5) is 0 Å². The topological polar surface area (TPSA) is 97.3 Å². The smallest absolute Gasteiger partial charge is 0.223 e. The van der Waals surface area contributed by atoms with Crippen molar-refractivity contribution in [3.8, 4) is 0 Å². The van der Waals surface area contributed by atoms with Gasteiger partial charge in [0, 0.05) is 49.2 Å². The minimum Gasteiger partial charge on any atom is -0.354 e. The predicted molar refractivity (Wildman–Crippen MR) is 190 cm³/mol. The van der Waals surface area contributed by atoms with Gasteiger partial charge in [-0.3, -0.25) is 19.2 Å². The first-order chi connectivity index (χ1) is 23.2. The highest BCUT2D eigenvalue weighted by Crippen LogP contribution is 2.66. The van der Waals surface area contributed by atoms with Gasteiger partial charge >= 0.3 is 0 Å². The van der Waals surface area contributed by atoms with Crippen LogP contribution in [0.1, 0.15) is 90.9 Å². The van der Waals surface area contributed by atoms with E-state index in [0.717, 1.165) is 92.6 Å². The van der Waals surface area contributed by atoms with Crippen molar-refractivity contribution in [3.05, 3.63) is 70.4 Å². The molecule has 0 radical (unpaired) electrons. The number of hydrogen-bond acceptors (Lipinski definition) is 4. The molecule has 7 rings (SSSR count). The number of carbonyl (C=O) groups is 3. The Morgan fingerprint density at radius 2 is 1.50 bits per heavy atom. The third kappa shape index (κ3) is 5.81. The predicted octanol–water partition coefficient (Wildman–Crippen LogP) is 7.10. The number of benzene rings is 2. The lowest BCUT2D eigenvalue weighted by Crippen LogP contribution is -2.52. The zero-order chi connectivity index (χ0) is 33.5. The van der Waals surface area contributed by atoms with Crippen molar-refractivity contribution in [2.24, 2.45) is 34.5 Å². The second-order valence-electron chi connectivity index (χ2n) is 15.6. The molecule has 48 heavy (non-hydrogen) atoms. The number of para-hydroxylation sites is 2. The average Bonchev–Trinajstić information content (AvgIpc) is 3.45. The van der Waals surface area contributed by atoms with E-state index in [1.807, 2.05) is 54.6 Å². The maximum Gasteiger partial charge on any atom is 0.223 e.